The lowest BCUT2D eigenvalue weighted by atomic mass is 9.90. The number of nitrogens with zero attached hydrogens (tertiary/aromatic N) is 1. The van der Waals surface area contributed by atoms with Crippen molar-refractivity contribution in [2.75, 3.05) is 0 Å². The lowest BCUT2D eigenvalue weighted by Crippen LogP contribution is -2.24. The molecule has 2 atom stereocenters. The summed E-state index contributed by atoms with van der Waals surface area (Å²) in [6.45, 7) is 0. The first-order valence-corrected chi connectivity index (χ1v) is 7.51. The number of ketones is 1. The monoisotopic (exact) mass is 275 g/mol. The molecule has 0 saturated carbocycles. The Kier molecular flexibility index (Phi) is 3.32. The first kappa shape index (κ1) is 12.7. The highest BCUT2D eigenvalue weighted by atomic mass is 32.2. The van der Waals surface area contributed by atoms with E-state index < -0.39 is 5.82 Å². The third-order valence-electron chi connectivity index (χ3n) is 4.04. The SMILES string of the molecule is N#Cc1ccc(C(=O)C2CC3CCC(C2)S3)cc1F. The van der Waals surface area contributed by atoms with Gasteiger partial charge in [0.1, 0.15) is 11.9 Å². The highest BCUT2D eigenvalue weighted by molar-refractivity contribution is 8.00. The van der Waals surface area contributed by atoms with Crippen LogP contribution in [0, 0.1) is 23.1 Å². The topological polar surface area (TPSA) is 40.9 Å². The predicted octanol–water partition coefficient (Wildman–Crippen LogP) is 3.55. The van der Waals surface area contributed by atoms with E-state index in [-0.39, 0.29) is 17.3 Å². The van der Waals surface area contributed by atoms with E-state index in [2.05, 4.69) is 0 Å². The molecule has 2 fully saturated rings. The maximum Gasteiger partial charge on any atom is 0.166 e. The van der Waals surface area contributed by atoms with Gasteiger partial charge in [-0.3, -0.25) is 4.79 Å². The standard InChI is InChI=1S/C15H14FNOS/c16-14-7-9(1-2-10(14)8-17)15(18)11-5-12-3-4-13(6-11)19-12/h1-2,7,11-13H,3-6H2. The second-order valence-electron chi connectivity index (χ2n) is 5.30. The highest BCUT2D eigenvalue weighted by Crippen LogP contribution is 2.46. The van der Waals surface area contributed by atoms with Crippen LogP contribution in [-0.4, -0.2) is 16.3 Å². The van der Waals surface area contributed by atoms with E-state index in [4.69, 9.17) is 5.26 Å². The summed E-state index contributed by atoms with van der Waals surface area (Å²) in [5.41, 5.74) is 0.406. The summed E-state index contributed by atoms with van der Waals surface area (Å²) in [6.07, 6.45) is 4.25. The van der Waals surface area contributed by atoms with Crippen LogP contribution >= 0.6 is 11.8 Å². The number of rotatable bonds is 2. The number of hydrogen-bond donors (Lipinski definition) is 0. The third kappa shape index (κ3) is 2.40. The van der Waals surface area contributed by atoms with Crippen molar-refractivity contribution in [3.8, 4) is 6.07 Å². The first-order chi connectivity index (χ1) is 9.17. The van der Waals surface area contributed by atoms with Crippen molar-refractivity contribution in [1.29, 1.82) is 5.26 Å². The molecule has 2 heterocycles. The largest absolute Gasteiger partial charge is 0.294 e. The van der Waals surface area contributed by atoms with Crippen molar-refractivity contribution in [2.24, 2.45) is 5.92 Å². The van der Waals surface area contributed by atoms with Crippen LogP contribution in [0.1, 0.15) is 41.6 Å². The molecule has 2 unspecified atom stereocenters. The molecule has 0 aliphatic carbocycles. The predicted molar refractivity (Wildman–Crippen MR) is 72.6 cm³/mol. The number of fused-ring (bicyclic) bond motifs is 2. The Morgan fingerprint density at radius 2 is 2.00 bits per heavy atom. The van der Waals surface area contributed by atoms with E-state index in [0.29, 0.717) is 16.1 Å². The van der Waals surface area contributed by atoms with E-state index in [9.17, 15) is 9.18 Å². The van der Waals surface area contributed by atoms with Gasteiger partial charge < -0.3 is 0 Å². The number of hydrogen-bond acceptors (Lipinski definition) is 3. The van der Waals surface area contributed by atoms with Crippen molar-refractivity contribution in [3.63, 3.8) is 0 Å². The van der Waals surface area contributed by atoms with Crippen molar-refractivity contribution in [2.45, 2.75) is 36.2 Å². The van der Waals surface area contributed by atoms with Gasteiger partial charge in [0.05, 0.1) is 5.56 Å². The lowest BCUT2D eigenvalue weighted by Gasteiger charge is -2.26. The molecule has 0 N–H and O–H groups in total. The molecule has 2 bridgehead atoms. The van der Waals surface area contributed by atoms with Gasteiger partial charge in [-0.25, -0.2) is 4.39 Å². The molecule has 0 radical (unpaired) electrons. The molecule has 4 heteroatoms. The fourth-order valence-corrected chi connectivity index (χ4v) is 4.84. The Balaban J connectivity index is 1.80. The van der Waals surface area contributed by atoms with E-state index >= 15 is 0 Å². The molecule has 2 saturated heterocycles. The van der Waals surface area contributed by atoms with E-state index in [0.717, 1.165) is 12.8 Å². The minimum Gasteiger partial charge on any atom is -0.294 e. The summed E-state index contributed by atoms with van der Waals surface area (Å²) in [6, 6.07) is 5.96. The molecule has 2 aliphatic heterocycles. The van der Waals surface area contributed by atoms with Crippen LogP contribution in [0.2, 0.25) is 0 Å². The van der Waals surface area contributed by atoms with Crippen molar-refractivity contribution < 1.29 is 9.18 Å². The van der Waals surface area contributed by atoms with Gasteiger partial charge in [0, 0.05) is 22.0 Å². The number of halogens is 1. The summed E-state index contributed by atoms with van der Waals surface area (Å²) < 4.78 is 13.6. The molecule has 0 spiro atoms. The van der Waals surface area contributed by atoms with Crippen LogP contribution in [0.25, 0.3) is 0 Å². The summed E-state index contributed by atoms with van der Waals surface area (Å²) in [5, 5.41) is 9.91. The molecular formula is C15H14FNOS. The van der Waals surface area contributed by atoms with Gasteiger partial charge >= 0.3 is 0 Å². The van der Waals surface area contributed by atoms with Gasteiger partial charge in [0.25, 0.3) is 0 Å². The van der Waals surface area contributed by atoms with Gasteiger partial charge in [0.15, 0.2) is 5.78 Å². The van der Waals surface area contributed by atoms with Crippen molar-refractivity contribution >= 4 is 17.5 Å². The number of carbonyl (C=O) groups excluding carboxylic acids is 1. The number of thioether (sulfide) groups is 1. The first-order valence-electron chi connectivity index (χ1n) is 6.56. The van der Waals surface area contributed by atoms with Crippen molar-refractivity contribution in [3.05, 3.63) is 35.1 Å². The Labute approximate surface area is 116 Å². The summed E-state index contributed by atoms with van der Waals surface area (Å²) >= 11 is 2.01. The summed E-state index contributed by atoms with van der Waals surface area (Å²) in [4.78, 5) is 12.4. The summed E-state index contributed by atoms with van der Waals surface area (Å²) in [7, 11) is 0. The van der Waals surface area contributed by atoms with E-state index in [1.54, 1.807) is 12.1 Å². The van der Waals surface area contributed by atoms with Gasteiger partial charge in [-0.2, -0.15) is 17.0 Å². The molecule has 0 aromatic heterocycles. The second kappa shape index (κ2) is 4.97. The molecule has 2 nitrogen and oxygen atoms in total. The average Bonchev–Trinajstić information content (AvgIpc) is 2.76. The second-order valence-corrected chi connectivity index (χ2v) is 6.90. The maximum absolute atomic E-state index is 13.6. The van der Waals surface area contributed by atoms with E-state index in [1.807, 2.05) is 11.8 Å². The Morgan fingerprint density at radius 1 is 1.32 bits per heavy atom. The van der Waals surface area contributed by atoms with Gasteiger partial charge in [-0.05, 0) is 43.9 Å². The summed E-state index contributed by atoms with van der Waals surface area (Å²) in [5.74, 6) is -0.520. The molecule has 0 amide bonds. The average molecular weight is 275 g/mol. The zero-order valence-corrected chi connectivity index (χ0v) is 11.3. The zero-order valence-electron chi connectivity index (χ0n) is 10.4. The number of Topliss-reactive ketones (excluding diaryl/α,β-unsaturated/α-hetero) is 1. The van der Waals surface area contributed by atoms with Crippen LogP contribution in [0.15, 0.2) is 18.2 Å². The zero-order chi connectivity index (χ0) is 13.4. The quantitative estimate of drug-likeness (QED) is 0.775. The van der Waals surface area contributed by atoms with Crippen LogP contribution in [0.3, 0.4) is 0 Å². The van der Waals surface area contributed by atoms with Gasteiger partial charge in [0.2, 0.25) is 0 Å². The minimum atomic E-state index is -0.596. The van der Waals surface area contributed by atoms with Crippen LogP contribution < -0.4 is 0 Å². The number of nitriles is 1. The molecule has 2 aliphatic rings. The Hall–Kier alpha value is -1.34. The smallest absolute Gasteiger partial charge is 0.166 e. The number of benzene rings is 1. The molecule has 1 aromatic carbocycles. The molecule has 98 valence electrons. The van der Waals surface area contributed by atoms with E-state index in [1.165, 1.54) is 25.0 Å². The molecule has 19 heavy (non-hydrogen) atoms. The normalized spacial score (nSPS) is 28.9. The van der Waals surface area contributed by atoms with Crippen LogP contribution in [-0.2, 0) is 0 Å². The minimum absolute atomic E-state index is 0.00387. The third-order valence-corrected chi connectivity index (χ3v) is 5.66. The molecular weight excluding hydrogens is 261 g/mol. The van der Waals surface area contributed by atoms with Crippen molar-refractivity contribution in [1.82, 2.24) is 0 Å². The fourth-order valence-electron chi connectivity index (χ4n) is 3.07. The maximum atomic E-state index is 13.6. The molecule has 1 aromatic rings. The Bertz CT molecular complexity index is 554. The Morgan fingerprint density at radius 3 is 2.58 bits per heavy atom. The van der Waals surface area contributed by atoms with Gasteiger partial charge in [-0.1, -0.05) is 0 Å². The van der Waals surface area contributed by atoms with Gasteiger partial charge in [-0.15, -0.1) is 0 Å². The lowest BCUT2D eigenvalue weighted by molar-refractivity contribution is 0.0906. The number of carbonyl (C=O) groups is 1. The fraction of sp³-hybridized carbons (Fsp3) is 0.467. The highest BCUT2D eigenvalue weighted by Gasteiger charge is 2.37. The van der Waals surface area contributed by atoms with Crippen LogP contribution in [0.5, 0.6) is 0 Å². The van der Waals surface area contributed by atoms with Crippen LogP contribution in [0.4, 0.5) is 4.39 Å². The molecule has 3 rings (SSSR count).